The largest absolute Gasteiger partial charge is 0.462 e. The van der Waals surface area contributed by atoms with E-state index in [4.69, 9.17) is 4.74 Å². The third-order valence-corrected chi connectivity index (χ3v) is 12.0. The molecule has 6 rings (SSSR count). The van der Waals surface area contributed by atoms with Gasteiger partial charge in [-0.3, -0.25) is 14.4 Å². The van der Waals surface area contributed by atoms with Crippen LogP contribution in [0.25, 0.3) is 0 Å². The first-order valence-corrected chi connectivity index (χ1v) is 15.6. The van der Waals surface area contributed by atoms with E-state index in [-0.39, 0.29) is 35.6 Å². The molecule has 40 heavy (non-hydrogen) atoms. The molecule has 0 bridgehead atoms. The van der Waals surface area contributed by atoms with Crippen LogP contribution in [0.3, 0.4) is 0 Å². The number of Topliss-reactive ketones (excluding diaryl/α,β-unsaturated/α-hetero) is 1. The van der Waals surface area contributed by atoms with Crippen molar-refractivity contribution in [1.29, 1.82) is 0 Å². The Bertz CT molecular complexity index is 1270. The topological polar surface area (TPSA) is 60.4 Å². The Kier molecular flexibility index (Phi) is 7.25. The van der Waals surface area contributed by atoms with Crippen LogP contribution in [-0.4, -0.2) is 23.6 Å². The second kappa shape index (κ2) is 10.6. The van der Waals surface area contributed by atoms with Gasteiger partial charge in [0.25, 0.3) is 0 Å². The smallest absolute Gasteiger partial charge is 0.310 e. The van der Waals surface area contributed by atoms with Gasteiger partial charge in [-0.25, -0.2) is 0 Å². The summed E-state index contributed by atoms with van der Waals surface area (Å²) in [6.45, 7) is 6.77. The Morgan fingerprint density at radius 2 is 1.45 bits per heavy atom. The average molecular weight is 541 g/mol. The highest BCUT2D eigenvalue weighted by atomic mass is 16.5. The van der Waals surface area contributed by atoms with E-state index < -0.39 is 0 Å². The van der Waals surface area contributed by atoms with Crippen LogP contribution in [0.4, 0.5) is 0 Å². The van der Waals surface area contributed by atoms with Crippen LogP contribution >= 0.6 is 0 Å². The molecule has 2 aromatic carbocycles. The minimum atomic E-state index is -0.168. The molecule has 0 amide bonds. The molecule has 0 aromatic heterocycles. The summed E-state index contributed by atoms with van der Waals surface area (Å²) in [6, 6.07) is 16.6. The predicted octanol–water partition coefficient (Wildman–Crippen LogP) is 7.62. The van der Waals surface area contributed by atoms with Crippen molar-refractivity contribution < 1.29 is 19.1 Å². The summed E-state index contributed by atoms with van der Waals surface area (Å²) < 4.78 is 6.05. The monoisotopic (exact) mass is 540 g/mol. The van der Waals surface area contributed by atoms with E-state index in [1.807, 2.05) is 49.4 Å². The van der Waals surface area contributed by atoms with Gasteiger partial charge in [0.2, 0.25) is 0 Å². The van der Waals surface area contributed by atoms with Gasteiger partial charge < -0.3 is 4.74 Å². The van der Waals surface area contributed by atoms with Gasteiger partial charge in [0.15, 0.2) is 5.78 Å². The van der Waals surface area contributed by atoms with Crippen molar-refractivity contribution in [3.8, 4) is 0 Å². The van der Waals surface area contributed by atoms with Crippen LogP contribution in [0.1, 0.15) is 100 Å². The van der Waals surface area contributed by atoms with Gasteiger partial charge in [0, 0.05) is 17.0 Å². The first kappa shape index (κ1) is 27.4. The van der Waals surface area contributed by atoms with E-state index in [0.717, 1.165) is 43.1 Å². The van der Waals surface area contributed by atoms with E-state index in [9.17, 15) is 14.4 Å². The summed E-state index contributed by atoms with van der Waals surface area (Å²) >= 11 is 0. The van der Waals surface area contributed by atoms with Crippen molar-refractivity contribution in [1.82, 2.24) is 0 Å². The number of hydrogen-bond donors (Lipinski definition) is 0. The molecule has 4 fully saturated rings. The zero-order valence-electron chi connectivity index (χ0n) is 24.4. The molecule has 8 atom stereocenters. The molecular formula is C36H44O4. The number of esters is 1. The lowest BCUT2D eigenvalue weighted by molar-refractivity contribution is -0.162. The van der Waals surface area contributed by atoms with Gasteiger partial charge in [0.05, 0.1) is 6.42 Å². The fourth-order valence-corrected chi connectivity index (χ4v) is 9.92. The van der Waals surface area contributed by atoms with Crippen molar-refractivity contribution in [2.24, 2.45) is 40.4 Å². The van der Waals surface area contributed by atoms with Crippen molar-refractivity contribution >= 4 is 17.5 Å². The maximum atomic E-state index is 12.9. The number of hydrogen-bond acceptors (Lipinski definition) is 4. The second-order valence-corrected chi connectivity index (χ2v) is 13.9. The van der Waals surface area contributed by atoms with E-state index in [1.165, 1.54) is 32.1 Å². The molecule has 0 aliphatic heterocycles. The summed E-state index contributed by atoms with van der Waals surface area (Å²) in [6.07, 6.45) is 10.6. The Morgan fingerprint density at radius 1 is 0.775 bits per heavy atom. The third kappa shape index (κ3) is 4.76. The van der Waals surface area contributed by atoms with Crippen molar-refractivity contribution in [2.45, 2.75) is 91.1 Å². The van der Waals surface area contributed by atoms with Gasteiger partial charge in [-0.15, -0.1) is 0 Å². The highest BCUT2D eigenvalue weighted by Gasteiger charge is 2.60. The Hall–Kier alpha value is -2.75. The summed E-state index contributed by atoms with van der Waals surface area (Å²) in [4.78, 5) is 38.0. The van der Waals surface area contributed by atoms with E-state index in [2.05, 4.69) is 13.8 Å². The summed E-state index contributed by atoms with van der Waals surface area (Å²) in [5.74, 6) is 3.29. The van der Waals surface area contributed by atoms with E-state index in [1.54, 1.807) is 12.1 Å². The highest BCUT2D eigenvalue weighted by Crippen LogP contribution is 2.67. The molecule has 4 aliphatic rings. The van der Waals surface area contributed by atoms with E-state index in [0.29, 0.717) is 34.2 Å². The minimum Gasteiger partial charge on any atom is -0.462 e. The Balaban J connectivity index is 1.05. The van der Waals surface area contributed by atoms with Crippen LogP contribution in [0.5, 0.6) is 0 Å². The molecule has 212 valence electrons. The molecule has 0 heterocycles. The number of ketones is 2. The quantitative estimate of drug-likeness (QED) is 0.279. The number of ether oxygens (including phenoxy) is 1. The summed E-state index contributed by atoms with van der Waals surface area (Å²) in [5.41, 5.74) is 2.70. The number of fused-ring (bicyclic) bond motifs is 5. The first-order chi connectivity index (χ1) is 19.2. The van der Waals surface area contributed by atoms with Crippen LogP contribution in [-0.2, 0) is 20.7 Å². The van der Waals surface area contributed by atoms with Crippen LogP contribution in [0, 0.1) is 40.4 Å². The predicted molar refractivity (Wildman–Crippen MR) is 156 cm³/mol. The third-order valence-electron chi connectivity index (χ3n) is 12.0. The molecule has 0 saturated heterocycles. The number of carbonyl (C=O) groups excluding carboxylic acids is 3. The fourth-order valence-electron chi connectivity index (χ4n) is 9.92. The van der Waals surface area contributed by atoms with Gasteiger partial charge in [-0.1, -0.05) is 68.4 Å². The minimum absolute atomic E-state index is 0.00323. The molecule has 0 radical (unpaired) electrons. The summed E-state index contributed by atoms with van der Waals surface area (Å²) in [7, 11) is 0. The normalized spacial score (nSPS) is 36.6. The van der Waals surface area contributed by atoms with E-state index >= 15 is 0 Å². The molecule has 0 N–H and O–H groups in total. The molecule has 0 unspecified atom stereocenters. The van der Waals surface area contributed by atoms with Gasteiger partial charge in [-0.05, 0) is 105 Å². The molecule has 4 heteroatoms. The molecule has 2 aromatic rings. The average Bonchev–Trinajstić information content (AvgIpc) is 3.31. The van der Waals surface area contributed by atoms with Crippen LogP contribution in [0.2, 0.25) is 0 Å². The Morgan fingerprint density at radius 3 is 2.17 bits per heavy atom. The first-order valence-electron chi connectivity index (χ1n) is 15.6. The maximum absolute atomic E-state index is 12.9. The second-order valence-electron chi connectivity index (χ2n) is 13.9. The van der Waals surface area contributed by atoms with Crippen LogP contribution < -0.4 is 0 Å². The van der Waals surface area contributed by atoms with Gasteiger partial charge >= 0.3 is 5.97 Å². The zero-order chi connectivity index (χ0) is 28.1. The van der Waals surface area contributed by atoms with Gasteiger partial charge in [0.1, 0.15) is 11.9 Å². The number of benzene rings is 2. The highest BCUT2D eigenvalue weighted by molar-refractivity contribution is 6.08. The molecule has 4 saturated carbocycles. The van der Waals surface area contributed by atoms with Crippen LogP contribution in [0.15, 0.2) is 54.6 Å². The number of rotatable bonds is 6. The lowest BCUT2D eigenvalue weighted by Gasteiger charge is -2.61. The SMILES string of the molecule is CC(=O)[C@H]1CC[C@H]2[C@H]3CC[C@H]4C[C@@H](OC(=O)Cc5ccc(C(=O)c6ccccc6)cc5)CC[C@]4(C)[C@H]3CC[C@]12C. The summed E-state index contributed by atoms with van der Waals surface area (Å²) in [5, 5.41) is 0. The molecule has 4 nitrogen and oxygen atoms in total. The zero-order valence-corrected chi connectivity index (χ0v) is 24.4. The standard InChI is InChI=1S/C36H44O4/c1-23(37)30-15-16-31-29-14-13-27-22-28(17-19-35(27,2)32(29)18-20-36(30,31)3)40-33(38)21-24-9-11-26(12-10-24)34(39)25-7-5-4-6-8-25/h4-12,27-32H,13-22H2,1-3H3/t27-,28-,29+,30+,31-,32-,35-,36+/m0/s1. The Labute approximate surface area is 239 Å². The lowest BCUT2D eigenvalue weighted by atomic mass is 9.44. The fraction of sp³-hybridized carbons (Fsp3) is 0.583. The molecule has 4 aliphatic carbocycles. The number of carbonyl (C=O) groups is 3. The van der Waals surface area contributed by atoms with Crippen molar-refractivity contribution in [3.63, 3.8) is 0 Å². The van der Waals surface area contributed by atoms with Crippen molar-refractivity contribution in [2.75, 3.05) is 0 Å². The maximum Gasteiger partial charge on any atom is 0.310 e. The molecule has 0 spiro atoms. The lowest BCUT2D eigenvalue weighted by Crippen LogP contribution is -2.54. The van der Waals surface area contributed by atoms with Crippen molar-refractivity contribution in [3.05, 3.63) is 71.3 Å². The van der Waals surface area contributed by atoms with Gasteiger partial charge in [-0.2, -0.15) is 0 Å². The molecular weight excluding hydrogens is 496 g/mol.